The molecule has 0 fully saturated rings. The predicted molar refractivity (Wildman–Crippen MR) is 76.8 cm³/mol. The Labute approximate surface area is 123 Å². The molecule has 19 heavy (non-hydrogen) atoms. The Morgan fingerprint density at radius 3 is 3.05 bits per heavy atom. The summed E-state index contributed by atoms with van der Waals surface area (Å²) in [6, 6.07) is 5.16. The van der Waals surface area contributed by atoms with Gasteiger partial charge in [-0.15, -0.1) is 10.2 Å². The molecule has 0 bridgehead atoms. The van der Waals surface area contributed by atoms with Gasteiger partial charge in [0.25, 0.3) is 0 Å². The molecule has 100 valence electrons. The van der Waals surface area contributed by atoms with Crippen molar-refractivity contribution in [2.45, 2.75) is 10.1 Å². The average molecular weight is 316 g/mol. The number of nitrogens with zero attached hydrogens (tertiary/aromatic N) is 3. The van der Waals surface area contributed by atoms with E-state index in [1.165, 1.54) is 30.1 Å². The maximum absolute atomic E-state index is 11.1. The number of anilines is 1. The van der Waals surface area contributed by atoms with E-state index in [4.69, 9.17) is 11.6 Å². The highest BCUT2D eigenvalue weighted by Crippen LogP contribution is 2.27. The smallest absolute Gasteiger partial charge is 0.320 e. The highest BCUT2D eigenvalue weighted by atomic mass is 35.5. The number of nitrogens with one attached hydrogen (secondary N) is 2. The van der Waals surface area contributed by atoms with Gasteiger partial charge < -0.3 is 5.32 Å². The molecule has 2 N–H and O–H groups in total. The maximum atomic E-state index is 11.1. The van der Waals surface area contributed by atoms with Gasteiger partial charge in [0.1, 0.15) is 5.15 Å². The molecular formula is C10H10ClN5OS2. The first kappa shape index (κ1) is 14.0. The second-order valence-electron chi connectivity index (χ2n) is 3.32. The first-order valence-electron chi connectivity index (χ1n) is 5.24. The lowest BCUT2D eigenvalue weighted by atomic mass is 10.4. The number of pyridine rings is 1. The molecule has 0 aliphatic rings. The minimum atomic E-state index is -0.316. The fourth-order valence-corrected chi connectivity index (χ4v) is 2.98. The summed E-state index contributed by atoms with van der Waals surface area (Å²) in [6.45, 7) is 0. The van der Waals surface area contributed by atoms with Gasteiger partial charge in [0.2, 0.25) is 5.13 Å². The molecule has 2 aromatic rings. The van der Waals surface area contributed by atoms with Crippen molar-refractivity contribution in [1.82, 2.24) is 20.5 Å². The zero-order valence-electron chi connectivity index (χ0n) is 9.88. The third-order valence-electron chi connectivity index (χ3n) is 1.97. The molecule has 0 saturated heterocycles. The number of aromatic nitrogens is 3. The number of hydrogen-bond acceptors (Lipinski definition) is 6. The van der Waals surface area contributed by atoms with Crippen LogP contribution in [0.2, 0.25) is 5.15 Å². The molecule has 2 heterocycles. The number of carbonyl (C=O) groups excluding carboxylic acids is 1. The van der Waals surface area contributed by atoms with Gasteiger partial charge in [0.15, 0.2) is 4.34 Å². The van der Waals surface area contributed by atoms with Crippen LogP contribution in [0.3, 0.4) is 0 Å². The zero-order chi connectivity index (χ0) is 13.7. The molecule has 0 aliphatic heterocycles. The summed E-state index contributed by atoms with van der Waals surface area (Å²) in [6.07, 6.45) is 0. The van der Waals surface area contributed by atoms with Crippen LogP contribution in [0.5, 0.6) is 0 Å². The van der Waals surface area contributed by atoms with Crippen LogP contribution in [-0.2, 0) is 5.75 Å². The van der Waals surface area contributed by atoms with E-state index in [0.717, 1.165) is 10.0 Å². The summed E-state index contributed by atoms with van der Waals surface area (Å²) in [4.78, 5) is 15.3. The Kier molecular flexibility index (Phi) is 4.94. The number of thioether (sulfide) groups is 1. The van der Waals surface area contributed by atoms with Crippen molar-refractivity contribution in [3.63, 3.8) is 0 Å². The molecule has 0 spiro atoms. The maximum Gasteiger partial charge on any atom is 0.320 e. The van der Waals surface area contributed by atoms with Gasteiger partial charge in [-0.05, 0) is 12.1 Å². The lowest BCUT2D eigenvalue weighted by molar-refractivity contribution is 0.254. The number of hydrogen-bond donors (Lipinski definition) is 2. The van der Waals surface area contributed by atoms with Crippen molar-refractivity contribution >= 4 is 45.9 Å². The van der Waals surface area contributed by atoms with Gasteiger partial charge in [-0.25, -0.2) is 9.78 Å². The number of carbonyl (C=O) groups is 1. The summed E-state index contributed by atoms with van der Waals surface area (Å²) in [7, 11) is 1.54. The Morgan fingerprint density at radius 2 is 2.32 bits per heavy atom. The summed E-state index contributed by atoms with van der Waals surface area (Å²) < 4.78 is 0.758. The van der Waals surface area contributed by atoms with Gasteiger partial charge in [0.05, 0.1) is 5.69 Å². The monoisotopic (exact) mass is 315 g/mol. The molecule has 2 aromatic heterocycles. The fourth-order valence-electron chi connectivity index (χ4n) is 1.14. The first-order valence-corrected chi connectivity index (χ1v) is 7.42. The van der Waals surface area contributed by atoms with E-state index in [-0.39, 0.29) is 6.03 Å². The topological polar surface area (TPSA) is 79.8 Å². The van der Waals surface area contributed by atoms with Crippen LogP contribution in [0, 0.1) is 0 Å². The van der Waals surface area contributed by atoms with Crippen molar-refractivity contribution in [1.29, 1.82) is 0 Å². The summed E-state index contributed by atoms with van der Waals surface area (Å²) in [5.41, 5.74) is 0.869. The van der Waals surface area contributed by atoms with Crippen molar-refractivity contribution < 1.29 is 4.79 Å². The molecule has 2 amide bonds. The van der Waals surface area contributed by atoms with Crippen molar-refractivity contribution in [2.24, 2.45) is 0 Å². The fraction of sp³-hybridized carbons (Fsp3) is 0.200. The number of halogens is 1. The van der Waals surface area contributed by atoms with Gasteiger partial charge in [-0.2, -0.15) is 0 Å². The Hall–Kier alpha value is -1.38. The van der Waals surface area contributed by atoms with Gasteiger partial charge in [-0.3, -0.25) is 5.32 Å². The summed E-state index contributed by atoms with van der Waals surface area (Å²) in [5.74, 6) is 0.648. The van der Waals surface area contributed by atoms with E-state index in [0.29, 0.717) is 16.0 Å². The van der Waals surface area contributed by atoms with Crippen molar-refractivity contribution in [2.75, 3.05) is 12.4 Å². The second kappa shape index (κ2) is 6.69. The molecule has 9 heteroatoms. The molecule has 0 unspecified atom stereocenters. The van der Waals surface area contributed by atoms with E-state index in [2.05, 4.69) is 25.8 Å². The van der Waals surface area contributed by atoms with E-state index in [9.17, 15) is 4.79 Å². The van der Waals surface area contributed by atoms with Crippen molar-refractivity contribution in [3.8, 4) is 0 Å². The normalized spacial score (nSPS) is 10.2. The van der Waals surface area contributed by atoms with E-state index < -0.39 is 0 Å². The molecule has 0 saturated carbocycles. The number of rotatable bonds is 4. The molecule has 2 rings (SSSR count). The molecule has 6 nitrogen and oxygen atoms in total. The minimum absolute atomic E-state index is 0.316. The zero-order valence-corrected chi connectivity index (χ0v) is 12.3. The Balaban J connectivity index is 1.91. The van der Waals surface area contributed by atoms with Crippen LogP contribution in [0.25, 0.3) is 0 Å². The third kappa shape index (κ3) is 4.34. The largest absolute Gasteiger partial charge is 0.341 e. The van der Waals surface area contributed by atoms with Gasteiger partial charge in [-0.1, -0.05) is 40.8 Å². The van der Waals surface area contributed by atoms with Crippen LogP contribution < -0.4 is 10.6 Å². The standard InChI is InChI=1S/C10H10ClN5OS2/c1-12-8(17)14-9-15-16-10(19-9)18-5-6-3-2-4-7(11)13-6/h2-4H,5H2,1H3,(H2,12,14,15,17). The highest BCUT2D eigenvalue weighted by Gasteiger charge is 2.07. The molecule has 0 aromatic carbocycles. The van der Waals surface area contributed by atoms with Crippen LogP contribution in [0.4, 0.5) is 9.93 Å². The van der Waals surface area contributed by atoms with Crippen LogP contribution in [-0.4, -0.2) is 28.3 Å². The van der Waals surface area contributed by atoms with Crippen LogP contribution in [0.15, 0.2) is 22.5 Å². The molecule has 0 atom stereocenters. The summed E-state index contributed by atoms with van der Waals surface area (Å²) in [5, 5.41) is 13.8. The number of amides is 2. The quantitative estimate of drug-likeness (QED) is 0.515. The van der Waals surface area contributed by atoms with Gasteiger partial charge in [0, 0.05) is 12.8 Å². The number of urea groups is 1. The predicted octanol–water partition coefficient (Wildman–Crippen LogP) is 2.63. The van der Waals surface area contributed by atoms with E-state index in [1.807, 2.05) is 12.1 Å². The van der Waals surface area contributed by atoms with E-state index in [1.54, 1.807) is 6.07 Å². The van der Waals surface area contributed by atoms with Crippen LogP contribution in [0.1, 0.15) is 5.69 Å². The lowest BCUT2D eigenvalue weighted by Gasteiger charge is -1.98. The molecule has 0 aliphatic carbocycles. The third-order valence-corrected chi connectivity index (χ3v) is 4.19. The second-order valence-corrected chi connectivity index (χ2v) is 5.90. The SMILES string of the molecule is CNC(=O)Nc1nnc(SCc2cccc(Cl)n2)s1. The van der Waals surface area contributed by atoms with Crippen LogP contribution >= 0.6 is 34.7 Å². The molecular weight excluding hydrogens is 306 g/mol. The summed E-state index contributed by atoms with van der Waals surface area (Å²) >= 11 is 8.60. The highest BCUT2D eigenvalue weighted by molar-refractivity contribution is 8.00. The lowest BCUT2D eigenvalue weighted by Crippen LogP contribution is -2.24. The molecule has 0 radical (unpaired) electrons. The van der Waals surface area contributed by atoms with Gasteiger partial charge >= 0.3 is 6.03 Å². The first-order chi connectivity index (χ1) is 9.17. The minimum Gasteiger partial charge on any atom is -0.341 e. The van der Waals surface area contributed by atoms with E-state index >= 15 is 0 Å². The Morgan fingerprint density at radius 1 is 1.47 bits per heavy atom. The average Bonchev–Trinajstić information content (AvgIpc) is 2.84. The van der Waals surface area contributed by atoms with Crippen molar-refractivity contribution in [3.05, 3.63) is 29.0 Å². The Bertz CT molecular complexity index is 577.